The average Bonchev–Trinajstić information content (AvgIpc) is 3.21. The highest BCUT2D eigenvalue weighted by Gasteiger charge is 2.23. The van der Waals surface area contributed by atoms with Crippen LogP contribution in [0.4, 0.5) is 5.69 Å². The van der Waals surface area contributed by atoms with Crippen molar-refractivity contribution in [3.05, 3.63) is 64.7 Å². The fourth-order valence-electron chi connectivity index (χ4n) is 4.88. The molecule has 0 aliphatic carbocycles. The number of aromatic amines is 1. The minimum absolute atomic E-state index is 0.230. The molecule has 1 aliphatic heterocycles. The molecule has 2 aromatic heterocycles. The summed E-state index contributed by atoms with van der Waals surface area (Å²) in [7, 11) is 4.30. The van der Waals surface area contributed by atoms with Crippen LogP contribution in [0.25, 0.3) is 28.2 Å². The molecule has 8 heteroatoms. The Morgan fingerprint density at radius 1 is 1.11 bits per heavy atom. The van der Waals surface area contributed by atoms with Crippen LogP contribution in [0.3, 0.4) is 0 Å². The monoisotopic (exact) mass is 472 g/mol. The van der Waals surface area contributed by atoms with Crippen LogP contribution < -0.4 is 15.2 Å². The number of anilines is 1. The summed E-state index contributed by atoms with van der Waals surface area (Å²) in [6.45, 7) is 6.36. The van der Waals surface area contributed by atoms with Crippen molar-refractivity contribution in [3.8, 4) is 28.4 Å². The fourth-order valence-corrected chi connectivity index (χ4v) is 4.88. The van der Waals surface area contributed by atoms with E-state index in [1.807, 2.05) is 50.2 Å². The van der Waals surface area contributed by atoms with Gasteiger partial charge in [-0.15, -0.1) is 5.10 Å². The molecule has 0 unspecified atom stereocenters. The van der Waals surface area contributed by atoms with Crippen molar-refractivity contribution in [2.24, 2.45) is 0 Å². The Kier molecular flexibility index (Phi) is 6.30. The summed E-state index contributed by atoms with van der Waals surface area (Å²) in [5, 5.41) is 4.77. The molecule has 5 rings (SSSR count). The maximum absolute atomic E-state index is 13.2. The van der Waals surface area contributed by atoms with Gasteiger partial charge >= 0.3 is 0 Å². The van der Waals surface area contributed by atoms with E-state index >= 15 is 0 Å². The van der Waals surface area contributed by atoms with Crippen molar-refractivity contribution >= 4 is 11.2 Å². The number of hydrogen-bond donors (Lipinski definition) is 1. The molecule has 1 N–H and O–H groups in total. The molecule has 0 atom stereocenters. The number of piperidine rings is 1. The van der Waals surface area contributed by atoms with Gasteiger partial charge in [0.05, 0.1) is 12.2 Å². The van der Waals surface area contributed by atoms with Crippen molar-refractivity contribution in [3.63, 3.8) is 0 Å². The first-order chi connectivity index (χ1) is 17.0. The molecule has 1 aliphatic rings. The molecular formula is C27H32N6O2. The van der Waals surface area contributed by atoms with Crippen LogP contribution >= 0.6 is 0 Å². The first-order valence-corrected chi connectivity index (χ1v) is 12.2. The Labute approximate surface area is 205 Å². The summed E-state index contributed by atoms with van der Waals surface area (Å²) < 4.78 is 7.65. The molecule has 0 bridgehead atoms. The van der Waals surface area contributed by atoms with Crippen molar-refractivity contribution in [1.82, 2.24) is 24.5 Å². The Morgan fingerprint density at radius 2 is 1.86 bits per heavy atom. The van der Waals surface area contributed by atoms with Crippen molar-refractivity contribution in [2.75, 3.05) is 38.7 Å². The maximum Gasteiger partial charge on any atom is 0.277 e. The fraction of sp³-hybridized carbons (Fsp3) is 0.370. The zero-order valence-electron chi connectivity index (χ0n) is 20.8. The predicted molar refractivity (Wildman–Crippen MR) is 139 cm³/mol. The molecule has 0 saturated carbocycles. The highest BCUT2D eigenvalue weighted by molar-refractivity contribution is 5.77. The van der Waals surface area contributed by atoms with E-state index in [1.54, 1.807) is 4.52 Å². The van der Waals surface area contributed by atoms with E-state index in [4.69, 9.17) is 9.84 Å². The van der Waals surface area contributed by atoms with Gasteiger partial charge < -0.3 is 19.5 Å². The molecule has 8 nitrogen and oxygen atoms in total. The summed E-state index contributed by atoms with van der Waals surface area (Å²) in [5.41, 5.74) is 3.61. The second-order valence-corrected chi connectivity index (χ2v) is 9.23. The third-order valence-corrected chi connectivity index (χ3v) is 6.79. The van der Waals surface area contributed by atoms with E-state index < -0.39 is 0 Å². The minimum Gasteiger partial charge on any atom is -0.493 e. The van der Waals surface area contributed by atoms with Crippen LogP contribution in [0, 0.1) is 6.92 Å². The lowest BCUT2D eigenvalue weighted by Gasteiger charge is -2.36. The quantitative estimate of drug-likeness (QED) is 0.457. The van der Waals surface area contributed by atoms with Crippen molar-refractivity contribution in [1.29, 1.82) is 0 Å². The zero-order valence-corrected chi connectivity index (χ0v) is 20.8. The Hall–Kier alpha value is -3.65. The van der Waals surface area contributed by atoms with E-state index in [1.165, 1.54) is 0 Å². The molecule has 0 amide bonds. The summed E-state index contributed by atoms with van der Waals surface area (Å²) in [5.74, 6) is 1.83. The smallest absolute Gasteiger partial charge is 0.277 e. The van der Waals surface area contributed by atoms with Crippen LogP contribution in [0.15, 0.2) is 53.3 Å². The second-order valence-electron chi connectivity index (χ2n) is 9.23. The van der Waals surface area contributed by atoms with Gasteiger partial charge in [0.25, 0.3) is 5.56 Å². The van der Waals surface area contributed by atoms with E-state index in [9.17, 15) is 4.79 Å². The number of ether oxygens (including phenoxy) is 1. The summed E-state index contributed by atoms with van der Waals surface area (Å²) in [6.07, 6.45) is 2.27. The standard InChI is InChI=1S/C27H32N6O2/c1-5-35-23-17-21(32-15-13-20(14-16-32)31(3)4)11-12-22(23)26-29-27(34)25-24(19-9-7-6-8-10-19)28-18(2)33(25)30-26/h6-12,17,20H,5,13-16H2,1-4H3,(H,29,30,34). The number of hydrogen-bond acceptors (Lipinski definition) is 6. The first-order valence-electron chi connectivity index (χ1n) is 12.2. The molecule has 182 valence electrons. The van der Waals surface area contributed by atoms with Crippen molar-refractivity contribution in [2.45, 2.75) is 32.7 Å². The van der Waals surface area contributed by atoms with Crippen LogP contribution in [0.5, 0.6) is 5.75 Å². The van der Waals surface area contributed by atoms with Crippen LogP contribution in [-0.4, -0.2) is 64.3 Å². The number of nitrogens with one attached hydrogen (secondary N) is 1. The first kappa shape index (κ1) is 23.1. The van der Waals surface area contributed by atoms with Gasteiger partial charge in [-0.05, 0) is 52.9 Å². The van der Waals surface area contributed by atoms with E-state index in [0.29, 0.717) is 41.3 Å². The normalized spacial score (nSPS) is 14.7. The van der Waals surface area contributed by atoms with Crippen molar-refractivity contribution < 1.29 is 4.74 Å². The van der Waals surface area contributed by atoms with Gasteiger partial charge in [0.1, 0.15) is 17.3 Å². The number of H-pyrrole nitrogens is 1. The van der Waals surface area contributed by atoms with E-state index in [-0.39, 0.29) is 5.56 Å². The number of nitrogens with zero attached hydrogens (tertiary/aromatic N) is 5. The Balaban J connectivity index is 1.53. The topological polar surface area (TPSA) is 78.8 Å². The summed E-state index contributed by atoms with van der Waals surface area (Å²) in [4.78, 5) is 25.6. The van der Waals surface area contributed by atoms with E-state index in [2.05, 4.69) is 46.0 Å². The molecule has 0 spiro atoms. The zero-order chi connectivity index (χ0) is 24.5. The van der Waals surface area contributed by atoms with Crippen LogP contribution in [0.2, 0.25) is 0 Å². The molecule has 1 saturated heterocycles. The third kappa shape index (κ3) is 4.41. The molecule has 2 aromatic carbocycles. The summed E-state index contributed by atoms with van der Waals surface area (Å²) in [6, 6.07) is 16.5. The Morgan fingerprint density at radius 3 is 2.54 bits per heavy atom. The lowest BCUT2D eigenvalue weighted by molar-refractivity contribution is 0.249. The Bertz CT molecular complexity index is 1380. The van der Waals surface area contributed by atoms with Gasteiger partial charge in [-0.25, -0.2) is 9.50 Å². The van der Waals surface area contributed by atoms with Gasteiger partial charge in [0, 0.05) is 36.4 Å². The highest BCUT2D eigenvalue weighted by atomic mass is 16.5. The van der Waals surface area contributed by atoms with Crippen LogP contribution in [0.1, 0.15) is 25.6 Å². The number of benzene rings is 2. The second kappa shape index (κ2) is 9.54. The van der Waals surface area contributed by atoms with Gasteiger partial charge in [-0.3, -0.25) is 4.79 Å². The maximum atomic E-state index is 13.2. The average molecular weight is 473 g/mol. The number of aryl methyl sites for hydroxylation is 1. The molecule has 35 heavy (non-hydrogen) atoms. The molecular weight excluding hydrogens is 440 g/mol. The third-order valence-electron chi connectivity index (χ3n) is 6.79. The molecule has 1 fully saturated rings. The highest BCUT2D eigenvalue weighted by Crippen LogP contribution is 2.33. The minimum atomic E-state index is -0.230. The number of aromatic nitrogens is 4. The summed E-state index contributed by atoms with van der Waals surface area (Å²) >= 11 is 0. The lowest BCUT2D eigenvalue weighted by atomic mass is 10.0. The number of fused-ring (bicyclic) bond motifs is 1. The number of imidazole rings is 1. The number of rotatable bonds is 6. The van der Waals surface area contributed by atoms with Gasteiger partial charge in [0.2, 0.25) is 0 Å². The molecule has 4 aromatic rings. The van der Waals surface area contributed by atoms with Gasteiger partial charge in [0.15, 0.2) is 11.3 Å². The van der Waals surface area contributed by atoms with Crippen LogP contribution in [-0.2, 0) is 0 Å². The SMILES string of the molecule is CCOc1cc(N2CCC(N(C)C)CC2)ccc1-c1nn2c(C)nc(-c3ccccc3)c2c(=O)[nH]1. The largest absolute Gasteiger partial charge is 0.493 e. The van der Waals surface area contributed by atoms with Gasteiger partial charge in [-0.1, -0.05) is 30.3 Å². The lowest BCUT2D eigenvalue weighted by Crippen LogP contribution is -2.41. The van der Waals surface area contributed by atoms with E-state index in [0.717, 1.165) is 42.7 Å². The molecule has 3 heterocycles. The van der Waals surface area contributed by atoms with Gasteiger partial charge in [-0.2, -0.15) is 0 Å². The molecule has 0 radical (unpaired) electrons. The predicted octanol–water partition coefficient (Wildman–Crippen LogP) is 3.99.